The first kappa shape index (κ1) is 30.6. The number of urea groups is 1. The minimum atomic E-state index is -1.16. The van der Waals surface area contributed by atoms with Crippen LogP contribution in [0.15, 0.2) is 0 Å². The smallest absolute Gasteiger partial charge is 0.315 e. The summed E-state index contributed by atoms with van der Waals surface area (Å²) in [5.41, 5.74) is 5.10. The van der Waals surface area contributed by atoms with Gasteiger partial charge in [-0.25, -0.2) is 4.79 Å². The Balaban J connectivity index is 1.09. The number of nitrogens with one attached hydrogen (secondary N) is 3. The molecule has 5 N–H and O–H groups in total. The Morgan fingerprint density at radius 1 is 0.864 bits per heavy atom. The summed E-state index contributed by atoms with van der Waals surface area (Å²) in [7, 11) is 0. The summed E-state index contributed by atoms with van der Waals surface area (Å²) >= 11 is 13.1. The number of likely N-dealkylation sites (tertiary alicyclic amines) is 1. The summed E-state index contributed by atoms with van der Waals surface area (Å²) in [5, 5.41) is 9.19. The summed E-state index contributed by atoms with van der Waals surface area (Å²) in [4.78, 5) is 67.8. The Hall–Kier alpha value is -2.07. The molecule has 7 aliphatic carbocycles. The van der Waals surface area contributed by atoms with Crippen molar-refractivity contribution in [3.63, 3.8) is 0 Å². The highest BCUT2D eigenvalue weighted by Crippen LogP contribution is 2.65. The zero-order chi connectivity index (χ0) is 31.0. The first-order valence-corrected chi connectivity index (χ1v) is 17.6. The Labute approximate surface area is 268 Å². The number of nitrogens with two attached hydrogens (primary N) is 1. The van der Waals surface area contributed by atoms with Crippen LogP contribution in [0.2, 0.25) is 0 Å². The SMILES string of the molecule is NC(=O)C(=O)C(CC1CC1)NC(=O)[C@@H]1[C@@H]2[C@H](CN1C(=O)[C@@H](NC(=O)NC13CC4CC(CC(C4)C1)C3)C1CCCCC1)C2(Cl)Cl. The highest BCUT2D eigenvalue weighted by molar-refractivity contribution is 6.51. The van der Waals surface area contributed by atoms with Gasteiger partial charge >= 0.3 is 6.03 Å². The molecule has 0 spiro atoms. The molecule has 0 radical (unpaired) electrons. The Kier molecular flexibility index (Phi) is 7.87. The molecule has 12 heteroatoms. The highest BCUT2D eigenvalue weighted by Gasteiger charge is 2.74. The number of hydrogen-bond acceptors (Lipinski definition) is 5. The van der Waals surface area contributed by atoms with Gasteiger partial charge in [-0.05, 0) is 87.4 Å². The fourth-order valence-corrected chi connectivity index (χ4v) is 11.0. The van der Waals surface area contributed by atoms with E-state index < -0.39 is 46.0 Å². The molecule has 1 heterocycles. The van der Waals surface area contributed by atoms with E-state index in [4.69, 9.17) is 28.9 Å². The highest BCUT2D eigenvalue weighted by atomic mass is 35.5. The van der Waals surface area contributed by atoms with E-state index in [2.05, 4.69) is 16.0 Å². The Morgan fingerprint density at radius 3 is 2.05 bits per heavy atom. The monoisotopic (exact) mass is 649 g/mol. The molecule has 4 bridgehead atoms. The zero-order valence-electron chi connectivity index (χ0n) is 25.2. The van der Waals surface area contributed by atoms with Gasteiger partial charge in [0.25, 0.3) is 5.91 Å². The third-order valence-corrected chi connectivity index (χ3v) is 13.2. The normalized spacial score (nSPS) is 37.9. The number of hydrogen-bond donors (Lipinski definition) is 4. The van der Waals surface area contributed by atoms with E-state index in [0.29, 0.717) is 24.2 Å². The first-order valence-electron chi connectivity index (χ1n) is 16.8. The lowest BCUT2D eigenvalue weighted by molar-refractivity contribution is -0.144. The molecule has 8 rings (SSSR count). The van der Waals surface area contributed by atoms with Crippen LogP contribution in [-0.4, -0.2) is 69.0 Å². The topological polar surface area (TPSA) is 151 Å². The lowest BCUT2D eigenvalue weighted by Gasteiger charge is -2.56. The van der Waals surface area contributed by atoms with Crippen molar-refractivity contribution >= 4 is 52.7 Å². The maximum Gasteiger partial charge on any atom is 0.315 e. The van der Waals surface area contributed by atoms with Crippen molar-refractivity contribution in [2.24, 2.45) is 47.2 Å². The summed E-state index contributed by atoms with van der Waals surface area (Å²) < 4.78 is -1.16. The van der Waals surface area contributed by atoms with Gasteiger partial charge in [0.1, 0.15) is 16.4 Å². The quantitative estimate of drug-likeness (QED) is 0.212. The van der Waals surface area contributed by atoms with Gasteiger partial charge in [-0.1, -0.05) is 32.1 Å². The predicted molar refractivity (Wildman–Crippen MR) is 163 cm³/mol. The number of fused-ring (bicyclic) bond motifs is 1. The van der Waals surface area contributed by atoms with Gasteiger partial charge in [-0.2, -0.15) is 0 Å². The molecule has 10 nitrogen and oxygen atoms in total. The third-order valence-electron chi connectivity index (χ3n) is 12.1. The van der Waals surface area contributed by atoms with Crippen molar-refractivity contribution < 1.29 is 24.0 Å². The van der Waals surface area contributed by atoms with Crippen molar-refractivity contribution in [1.82, 2.24) is 20.9 Å². The van der Waals surface area contributed by atoms with Gasteiger partial charge < -0.3 is 26.6 Å². The van der Waals surface area contributed by atoms with Gasteiger partial charge in [0.05, 0.1) is 6.04 Å². The third kappa shape index (κ3) is 5.71. The van der Waals surface area contributed by atoms with Crippen molar-refractivity contribution in [2.45, 2.75) is 118 Å². The molecule has 0 aromatic heterocycles. The van der Waals surface area contributed by atoms with E-state index in [-0.39, 0.29) is 41.8 Å². The molecular formula is C32H45Cl2N5O5. The van der Waals surface area contributed by atoms with Crippen LogP contribution in [0.25, 0.3) is 0 Å². The molecule has 0 aromatic rings. The van der Waals surface area contributed by atoms with Gasteiger partial charge in [-0.15, -0.1) is 23.2 Å². The Bertz CT molecular complexity index is 1200. The molecule has 5 amide bonds. The Morgan fingerprint density at radius 2 is 1.48 bits per heavy atom. The predicted octanol–water partition coefficient (Wildman–Crippen LogP) is 3.17. The van der Waals surface area contributed by atoms with Crippen LogP contribution in [0.4, 0.5) is 4.79 Å². The van der Waals surface area contributed by atoms with Crippen LogP contribution in [-0.2, 0) is 19.2 Å². The fourth-order valence-electron chi connectivity index (χ4n) is 10.2. The minimum absolute atomic E-state index is 0.0465. The second-order valence-corrected chi connectivity index (χ2v) is 16.8. The van der Waals surface area contributed by atoms with Crippen molar-refractivity contribution in [3.8, 4) is 0 Å². The number of Topliss-reactive ketones (excluding diaryl/α,β-unsaturated/α-hetero) is 1. The molecule has 8 aliphatic rings. The van der Waals surface area contributed by atoms with Crippen LogP contribution in [0.1, 0.15) is 89.9 Å². The molecule has 1 aliphatic heterocycles. The second-order valence-electron chi connectivity index (χ2n) is 15.4. The van der Waals surface area contributed by atoms with Gasteiger partial charge in [0.2, 0.25) is 17.6 Å². The average molecular weight is 651 g/mol. The number of halogens is 2. The van der Waals surface area contributed by atoms with Gasteiger partial charge in [-0.3, -0.25) is 19.2 Å². The van der Waals surface area contributed by atoms with E-state index in [1.54, 1.807) is 0 Å². The summed E-state index contributed by atoms with van der Waals surface area (Å²) in [6, 6.07) is -3.15. The number of primary amides is 1. The van der Waals surface area contributed by atoms with E-state index in [1.165, 1.54) is 24.2 Å². The first-order chi connectivity index (χ1) is 20.9. The average Bonchev–Trinajstić information content (AvgIpc) is 3.81. The number of ketones is 1. The number of amides is 5. The number of rotatable bonds is 10. The van der Waals surface area contributed by atoms with Crippen LogP contribution >= 0.6 is 23.2 Å². The molecule has 1 unspecified atom stereocenters. The molecule has 0 aromatic carbocycles. The lowest BCUT2D eigenvalue weighted by Crippen LogP contribution is -2.64. The largest absolute Gasteiger partial charge is 0.363 e. The summed E-state index contributed by atoms with van der Waals surface area (Å²) in [6.45, 7) is 0.188. The number of alkyl halides is 2. The zero-order valence-corrected chi connectivity index (χ0v) is 26.7. The number of piperidine rings is 1. The maximum absolute atomic E-state index is 14.4. The van der Waals surface area contributed by atoms with Crippen molar-refractivity contribution in [1.29, 1.82) is 0 Å². The molecule has 7 saturated carbocycles. The van der Waals surface area contributed by atoms with Gasteiger partial charge in [0, 0.05) is 23.9 Å². The van der Waals surface area contributed by atoms with Crippen LogP contribution in [0.5, 0.6) is 0 Å². The number of nitrogens with zero attached hydrogens (tertiary/aromatic N) is 1. The molecule has 242 valence electrons. The standard InChI is InChI=1S/C32H45Cl2N5O5/c33-32(34)21-15-39(25(23(21)32)28(42)36-22(11-16-6-7-16)26(40)27(35)41)29(43)24(20-4-2-1-3-5-20)37-30(44)38-31-12-17-8-18(13-31)10-19(9-17)14-31/h16-25H,1-15H2,(H2,35,41)(H,36,42)(H2,37,38,44)/t17?,18?,19?,21-,22?,23-,24-,25-,31?/m0/s1. The van der Waals surface area contributed by atoms with E-state index in [0.717, 1.165) is 64.2 Å². The van der Waals surface area contributed by atoms with Crippen LogP contribution in [0.3, 0.4) is 0 Å². The second kappa shape index (κ2) is 11.3. The molecule has 5 atom stereocenters. The molecule has 8 fully saturated rings. The molecule has 44 heavy (non-hydrogen) atoms. The number of carbonyl (C=O) groups is 5. The molecule has 1 saturated heterocycles. The fraction of sp³-hybridized carbons (Fsp3) is 0.844. The van der Waals surface area contributed by atoms with Crippen molar-refractivity contribution in [2.75, 3.05) is 6.54 Å². The maximum atomic E-state index is 14.4. The summed E-state index contributed by atoms with van der Waals surface area (Å²) in [6.07, 6.45) is 13.7. The summed E-state index contributed by atoms with van der Waals surface area (Å²) in [5.74, 6) is -1.42. The number of carbonyl (C=O) groups excluding carboxylic acids is 5. The van der Waals surface area contributed by atoms with E-state index in [9.17, 15) is 24.0 Å². The van der Waals surface area contributed by atoms with Crippen LogP contribution in [0, 0.1) is 41.4 Å². The lowest BCUT2D eigenvalue weighted by atomic mass is 9.53. The van der Waals surface area contributed by atoms with Crippen LogP contribution < -0.4 is 21.7 Å². The van der Waals surface area contributed by atoms with E-state index in [1.807, 2.05) is 0 Å². The van der Waals surface area contributed by atoms with Gasteiger partial charge in [0.15, 0.2) is 0 Å². The van der Waals surface area contributed by atoms with E-state index >= 15 is 0 Å². The van der Waals surface area contributed by atoms with Crippen molar-refractivity contribution in [3.05, 3.63) is 0 Å². The molecular weight excluding hydrogens is 605 g/mol. The minimum Gasteiger partial charge on any atom is -0.363 e.